The zero-order chi connectivity index (χ0) is 47.6. The predicted octanol–water partition coefficient (Wildman–Crippen LogP) is 7.71. The minimum Gasteiger partial charge on any atom is -0.356 e. The fourth-order valence-electron chi connectivity index (χ4n) is 6.18. The number of Topliss-reactive ketones (excluding diaryl/α,β-unsaturated/α-hetero) is 1. The van der Waals surface area contributed by atoms with Crippen LogP contribution in [-0.4, -0.2) is 136 Å². The van der Waals surface area contributed by atoms with Crippen molar-refractivity contribution in [1.29, 1.82) is 0 Å². The summed E-state index contributed by atoms with van der Waals surface area (Å²) in [6.45, 7) is 24.4. The van der Waals surface area contributed by atoms with E-state index in [-0.39, 0.29) is 30.5 Å². The highest BCUT2D eigenvalue weighted by atomic mass is 17.0. The molecule has 0 aliphatic rings. The Labute approximate surface area is 372 Å². The maximum atomic E-state index is 14.0. The summed E-state index contributed by atoms with van der Waals surface area (Å²) < 4.78 is 105. The van der Waals surface area contributed by atoms with Gasteiger partial charge < -0.3 is 56.8 Å². The Morgan fingerprint density at radius 1 is 0.323 bits per heavy atom. The monoisotopic (exact) mass is 907 g/mol. The molecule has 0 N–H and O–H groups in total. The van der Waals surface area contributed by atoms with Gasteiger partial charge in [0.1, 0.15) is 5.78 Å². The quantitative estimate of drug-likeness (QED) is 0.0545. The van der Waals surface area contributed by atoms with Gasteiger partial charge in [-0.05, 0) is 109 Å². The summed E-state index contributed by atoms with van der Waals surface area (Å²) >= 11 is 0. The number of carbonyl (C=O) groups excluding carboxylic acids is 1. The van der Waals surface area contributed by atoms with Gasteiger partial charge in [-0.25, -0.2) is 0 Å². The summed E-state index contributed by atoms with van der Waals surface area (Å²) in [4.78, 5) is 14.0. The fourth-order valence-corrected chi connectivity index (χ4v) is 6.18. The molecule has 0 rings (SSSR count). The van der Waals surface area contributed by atoms with E-state index >= 15 is 0 Å². The number of ketones is 1. The fraction of sp³-hybridized carbons (Fsp3) is 0.977. The van der Waals surface area contributed by atoms with Crippen molar-refractivity contribution in [3.8, 4) is 0 Å². The smallest absolute Gasteiger partial charge is 0.289 e. The second-order valence-electron chi connectivity index (χ2n) is 15.1. The molecule has 0 aliphatic carbocycles. The average molecular weight is 907 g/mol. The van der Waals surface area contributed by atoms with E-state index in [2.05, 4.69) is 0 Å². The zero-order valence-electron chi connectivity index (χ0n) is 41.6. The lowest BCUT2D eigenvalue weighted by Gasteiger charge is -2.39. The molecule has 62 heavy (non-hydrogen) atoms. The summed E-state index contributed by atoms with van der Waals surface area (Å²) in [5.41, 5.74) is 0. The van der Waals surface area contributed by atoms with Crippen LogP contribution >= 0.6 is 0 Å². The van der Waals surface area contributed by atoms with Gasteiger partial charge in [-0.15, -0.1) is 0 Å². The second-order valence-corrected chi connectivity index (χ2v) is 15.1. The van der Waals surface area contributed by atoms with Crippen LogP contribution in [-0.2, 0) is 90.1 Å². The highest BCUT2D eigenvalue weighted by molar-refractivity contribution is 5.82. The summed E-state index contributed by atoms with van der Waals surface area (Å²) in [7, 11) is 9.13. The number of methoxy groups -OCH3 is 6. The van der Waals surface area contributed by atoms with Crippen LogP contribution in [0.25, 0.3) is 0 Å². The Balaban J connectivity index is 6.34. The Hall–Kier alpha value is -1.05. The van der Waals surface area contributed by atoms with Crippen molar-refractivity contribution >= 4 is 5.78 Å². The van der Waals surface area contributed by atoms with Gasteiger partial charge in [0.25, 0.3) is 11.9 Å². The third-order valence-electron chi connectivity index (χ3n) is 9.58. The van der Waals surface area contributed by atoms with E-state index < -0.39 is 87.4 Å². The largest absolute Gasteiger partial charge is 0.356 e. The van der Waals surface area contributed by atoms with Gasteiger partial charge in [-0.2, -0.15) is 0 Å². The SMILES string of the molecule is COC(C)OC(C)OC(CCCC(C)C(=O)C(C)CCCC(OC(C)OC(C)OC)(OC(C)OC(C)OC)OC(C)OC(C)OC)(OC(C)OC(C)OC)OC(C)OC(C)OC. The average Bonchev–Trinajstić information content (AvgIpc) is 3.19. The van der Waals surface area contributed by atoms with Gasteiger partial charge in [-0.1, -0.05) is 13.8 Å². The highest BCUT2D eigenvalue weighted by Gasteiger charge is 2.43. The van der Waals surface area contributed by atoms with Crippen molar-refractivity contribution in [2.75, 3.05) is 42.7 Å². The van der Waals surface area contributed by atoms with E-state index in [9.17, 15) is 4.79 Å². The number of ether oxygens (including phenoxy) is 18. The van der Waals surface area contributed by atoms with Crippen LogP contribution in [0.15, 0.2) is 0 Å². The van der Waals surface area contributed by atoms with Crippen molar-refractivity contribution in [3.63, 3.8) is 0 Å². The lowest BCUT2D eigenvalue weighted by Crippen LogP contribution is -2.48. The molecule has 0 spiro atoms. The van der Waals surface area contributed by atoms with Gasteiger partial charge in [0.15, 0.2) is 75.5 Å². The van der Waals surface area contributed by atoms with Crippen molar-refractivity contribution in [2.45, 2.75) is 223 Å². The molecule has 0 saturated carbocycles. The maximum Gasteiger partial charge on any atom is 0.289 e. The molecule has 0 aliphatic heterocycles. The molecule has 0 amide bonds. The molecule has 14 atom stereocenters. The first-order valence-corrected chi connectivity index (χ1v) is 21.7. The van der Waals surface area contributed by atoms with Crippen LogP contribution in [0.5, 0.6) is 0 Å². The van der Waals surface area contributed by atoms with Gasteiger partial charge >= 0.3 is 0 Å². The third-order valence-corrected chi connectivity index (χ3v) is 9.58. The summed E-state index contributed by atoms with van der Waals surface area (Å²) in [6, 6.07) is 0. The molecule has 0 aromatic heterocycles. The summed E-state index contributed by atoms with van der Waals surface area (Å²) in [5, 5.41) is 0. The van der Waals surface area contributed by atoms with E-state index in [0.717, 1.165) is 0 Å². The molecule has 19 nitrogen and oxygen atoms in total. The molecule has 0 heterocycles. The first-order chi connectivity index (χ1) is 29.0. The molecular formula is C43H86O19. The standard InChI is InChI=1S/C43H86O19/c1-27(23-21-25-42(57-35(9)51-29(3)45-15,58-36(10)52-30(4)46-16)59-37(11)53-31(5)47-17)41(44)28(2)24-22-26-43(60-38(12)54-32(6)48-18,61-39(13)55-33(7)49-19)62-40(14)56-34(8)50-20/h27-40H,21-26H2,1-20H3. The van der Waals surface area contributed by atoms with E-state index in [1.54, 1.807) is 83.1 Å². The lowest BCUT2D eigenvalue weighted by molar-refractivity contribution is -0.483. The molecule has 0 bridgehead atoms. The lowest BCUT2D eigenvalue weighted by atomic mass is 9.88. The van der Waals surface area contributed by atoms with Gasteiger partial charge in [0.05, 0.1) is 0 Å². The third kappa shape index (κ3) is 26.2. The Morgan fingerprint density at radius 2 is 0.500 bits per heavy atom. The van der Waals surface area contributed by atoms with Crippen LogP contribution in [0.3, 0.4) is 0 Å². The first-order valence-electron chi connectivity index (χ1n) is 21.7. The van der Waals surface area contributed by atoms with Gasteiger partial charge in [0.2, 0.25) is 0 Å². The van der Waals surface area contributed by atoms with Crippen molar-refractivity contribution in [3.05, 3.63) is 0 Å². The van der Waals surface area contributed by atoms with Crippen LogP contribution in [0.2, 0.25) is 0 Å². The first kappa shape index (κ1) is 60.9. The summed E-state index contributed by atoms with van der Waals surface area (Å²) in [5.74, 6) is -4.14. The zero-order valence-corrected chi connectivity index (χ0v) is 41.6. The van der Waals surface area contributed by atoms with E-state index in [0.29, 0.717) is 25.7 Å². The molecular weight excluding hydrogens is 820 g/mol. The van der Waals surface area contributed by atoms with E-state index in [1.165, 1.54) is 42.7 Å². The minimum atomic E-state index is -1.75. The Kier molecular flexibility index (Phi) is 32.0. The Morgan fingerprint density at radius 3 is 0.661 bits per heavy atom. The van der Waals surface area contributed by atoms with Crippen LogP contribution < -0.4 is 0 Å². The molecule has 0 fully saturated rings. The highest BCUT2D eigenvalue weighted by Crippen LogP contribution is 2.34. The number of hydrogen-bond acceptors (Lipinski definition) is 19. The number of hydrogen-bond donors (Lipinski definition) is 0. The normalized spacial score (nSPS) is 21.2. The summed E-state index contributed by atoms with van der Waals surface area (Å²) in [6.07, 6.45) is -6.56. The minimum absolute atomic E-state index is 0.0652. The molecule has 0 aromatic carbocycles. The molecule has 0 saturated heterocycles. The molecule has 0 radical (unpaired) electrons. The van der Waals surface area contributed by atoms with Gasteiger partial charge in [0, 0.05) is 67.3 Å². The van der Waals surface area contributed by atoms with Gasteiger partial charge in [-0.3, -0.25) is 33.2 Å². The molecule has 19 heteroatoms. The van der Waals surface area contributed by atoms with E-state index in [4.69, 9.17) is 85.3 Å². The Bertz CT molecular complexity index is 938. The van der Waals surface area contributed by atoms with Crippen LogP contribution in [0.1, 0.15) is 135 Å². The molecule has 14 unspecified atom stereocenters. The number of carbonyl (C=O) groups is 1. The second kappa shape index (κ2) is 32.6. The predicted molar refractivity (Wildman–Crippen MR) is 225 cm³/mol. The molecule has 372 valence electrons. The van der Waals surface area contributed by atoms with Crippen molar-refractivity contribution in [1.82, 2.24) is 0 Å². The van der Waals surface area contributed by atoms with Crippen molar-refractivity contribution < 1.29 is 90.1 Å². The number of rotatable bonds is 40. The van der Waals surface area contributed by atoms with Crippen LogP contribution in [0, 0.1) is 11.8 Å². The molecule has 0 aromatic rings. The maximum absolute atomic E-state index is 14.0. The van der Waals surface area contributed by atoms with Crippen molar-refractivity contribution in [2.24, 2.45) is 11.8 Å². The van der Waals surface area contributed by atoms with E-state index in [1.807, 2.05) is 13.8 Å². The topological polar surface area (TPSA) is 183 Å². The van der Waals surface area contributed by atoms with Crippen LogP contribution in [0.4, 0.5) is 0 Å².